The molecule has 16 unspecified atom stereocenters. The van der Waals surface area contributed by atoms with Crippen molar-refractivity contribution in [2.45, 2.75) is 159 Å². The van der Waals surface area contributed by atoms with E-state index in [0.29, 0.717) is 53.9 Å². The van der Waals surface area contributed by atoms with Gasteiger partial charge in [0.2, 0.25) is 0 Å². The highest BCUT2D eigenvalue weighted by atomic mass is 16.5. The third kappa shape index (κ3) is 5.28. The summed E-state index contributed by atoms with van der Waals surface area (Å²) >= 11 is 0. The van der Waals surface area contributed by atoms with Crippen molar-refractivity contribution in [3.8, 4) is 6.07 Å². The summed E-state index contributed by atoms with van der Waals surface area (Å²) in [6.45, 7) is 0. The Labute approximate surface area is 303 Å². The fourth-order valence-corrected chi connectivity index (χ4v) is 15.8. The van der Waals surface area contributed by atoms with Gasteiger partial charge in [-0.3, -0.25) is 10.6 Å². The maximum Gasteiger partial charge on any atom is 0.0793 e. The zero-order valence-corrected chi connectivity index (χ0v) is 30.8. The predicted molar refractivity (Wildman–Crippen MR) is 201 cm³/mol. The number of hydrogen-bond donors (Lipinski definition) is 2. The van der Waals surface area contributed by atoms with Crippen molar-refractivity contribution in [3.63, 3.8) is 0 Å². The number of hydrogen-bond acceptors (Lipinski definition) is 4. The molecule has 10 aliphatic rings. The first-order valence-electron chi connectivity index (χ1n) is 22.0. The summed E-state index contributed by atoms with van der Waals surface area (Å²) in [4.78, 5) is 0. The van der Waals surface area contributed by atoms with Gasteiger partial charge in [-0.1, -0.05) is 80.2 Å². The fourth-order valence-electron chi connectivity index (χ4n) is 15.8. The molecule has 0 bridgehead atoms. The Morgan fingerprint density at radius 2 is 1.54 bits per heavy atom. The van der Waals surface area contributed by atoms with Gasteiger partial charge in [0.05, 0.1) is 24.4 Å². The van der Waals surface area contributed by atoms with Gasteiger partial charge < -0.3 is 4.74 Å². The lowest BCUT2D eigenvalue weighted by atomic mass is 9.46. The second-order valence-electron chi connectivity index (χ2n) is 19.2. The van der Waals surface area contributed by atoms with Crippen LogP contribution in [0.4, 0.5) is 0 Å². The lowest BCUT2D eigenvalue weighted by Crippen LogP contribution is -2.65. The molecule has 4 heteroatoms. The van der Waals surface area contributed by atoms with Crippen molar-refractivity contribution in [2.24, 2.45) is 70.5 Å². The molecule has 2 saturated heterocycles. The van der Waals surface area contributed by atoms with Gasteiger partial charge in [0.15, 0.2) is 0 Å². The Balaban J connectivity index is 1.04. The number of nitrogens with one attached hydrogen (secondary N) is 2. The molecule has 0 aromatic rings. The number of fused-ring (bicyclic) bond motifs is 11. The number of ether oxygens (including phenoxy) is 1. The number of nitriles is 1. The van der Waals surface area contributed by atoms with Crippen LogP contribution < -0.4 is 10.6 Å². The van der Waals surface area contributed by atoms with Gasteiger partial charge in [0, 0.05) is 23.9 Å². The van der Waals surface area contributed by atoms with Crippen molar-refractivity contribution >= 4 is 0 Å². The summed E-state index contributed by atoms with van der Waals surface area (Å²) in [6.07, 6.45) is 44.9. The molecular weight excluding hydrogens is 611 g/mol. The molecule has 0 aromatic heterocycles. The van der Waals surface area contributed by atoms with Crippen LogP contribution in [0.3, 0.4) is 0 Å². The molecule has 270 valence electrons. The normalized spacial score (nSPS) is 51.4. The molecule has 0 aromatic carbocycles. The second-order valence-corrected chi connectivity index (χ2v) is 19.2. The number of nitrogens with zero attached hydrogens (tertiary/aromatic N) is 1. The van der Waals surface area contributed by atoms with E-state index in [1.165, 1.54) is 128 Å². The van der Waals surface area contributed by atoms with Crippen LogP contribution in [0.15, 0.2) is 48.1 Å². The lowest BCUT2D eigenvalue weighted by Gasteiger charge is -2.62. The first-order chi connectivity index (χ1) is 24.7. The molecule has 2 aliphatic heterocycles. The van der Waals surface area contributed by atoms with Crippen molar-refractivity contribution in [1.29, 1.82) is 5.26 Å². The minimum atomic E-state index is 0.261. The van der Waals surface area contributed by atoms with E-state index in [0.717, 1.165) is 29.6 Å². The van der Waals surface area contributed by atoms with Crippen LogP contribution in [-0.4, -0.2) is 30.5 Å². The molecule has 4 nitrogen and oxygen atoms in total. The summed E-state index contributed by atoms with van der Waals surface area (Å²) in [7, 11) is 0. The minimum Gasteiger partial charge on any atom is -0.370 e. The molecule has 5 saturated carbocycles. The highest BCUT2D eigenvalue weighted by molar-refractivity contribution is 5.27. The Morgan fingerprint density at radius 1 is 0.700 bits per heavy atom. The number of rotatable bonds is 3. The van der Waals surface area contributed by atoms with Crippen molar-refractivity contribution in [1.82, 2.24) is 10.6 Å². The van der Waals surface area contributed by atoms with Crippen LogP contribution in [0.2, 0.25) is 0 Å². The maximum absolute atomic E-state index is 10.8. The average Bonchev–Trinajstić information content (AvgIpc) is 3.48. The van der Waals surface area contributed by atoms with Crippen molar-refractivity contribution < 1.29 is 4.74 Å². The second kappa shape index (κ2) is 13.6. The molecular formula is C46H65N3O. The first-order valence-corrected chi connectivity index (χ1v) is 22.0. The smallest absolute Gasteiger partial charge is 0.0793 e. The summed E-state index contributed by atoms with van der Waals surface area (Å²) in [5.41, 5.74) is 1.94. The standard InChI is InChI=1S/C46H65N3O/c47-28-32-26-39-44(34-18-8-7-17-33(32)34)35-24-23-31(25-38(35)46(39)36-19-9-11-21-42(36)50-43-22-12-10-20-37(43)46)45-48-40(29-13-3-1-4-14-29)27-41(49-45)30-15-5-2-6-16-30/h1,3,9,12-13,19,22,30-45,48-49H,2,4-8,10-11,14-18,20-21,23-27H2. The largest absolute Gasteiger partial charge is 0.370 e. The molecule has 16 atom stereocenters. The highest BCUT2D eigenvalue weighted by Gasteiger charge is 2.72. The van der Waals surface area contributed by atoms with Gasteiger partial charge in [0.1, 0.15) is 0 Å². The summed E-state index contributed by atoms with van der Waals surface area (Å²) in [5.74, 6) is 7.45. The van der Waals surface area contributed by atoms with Gasteiger partial charge in [-0.25, -0.2) is 0 Å². The van der Waals surface area contributed by atoms with E-state index in [9.17, 15) is 5.26 Å². The summed E-state index contributed by atoms with van der Waals surface area (Å²) < 4.78 is 7.17. The van der Waals surface area contributed by atoms with Gasteiger partial charge >= 0.3 is 0 Å². The van der Waals surface area contributed by atoms with Crippen LogP contribution in [0.1, 0.15) is 128 Å². The lowest BCUT2D eigenvalue weighted by molar-refractivity contribution is -0.208. The van der Waals surface area contributed by atoms with E-state index in [-0.39, 0.29) is 17.4 Å². The van der Waals surface area contributed by atoms with Crippen LogP contribution >= 0.6 is 0 Å². The minimum absolute atomic E-state index is 0.261. The van der Waals surface area contributed by atoms with Gasteiger partial charge in [-0.05, 0) is 155 Å². The molecule has 0 radical (unpaired) electrons. The third-order valence-corrected chi connectivity index (χ3v) is 17.5. The molecule has 2 N–H and O–H groups in total. The van der Waals surface area contributed by atoms with Gasteiger partial charge in [-0.15, -0.1) is 0 Å². The van der Waals surface area contributed by atoms with E-state index in [1.807, 2.05) is 0 Å². The summed E-state index contributed by atoms with van der Waals surface area (Å²) in [6, 6.07) is 4.18. The van der Waals surface area contributed by atoms with Crippen LogP contribution in [-0.2, 0) is 4.74 Å². The summed E-state index contributed by atoms with van der Waals surface area (Å²) in [5, 5.41) is 19.6. The van der Waals surface area contributed by atoms with E-state index >= 15 is 0 Å². The van der Waals surface area contributed by atoms with Gasteiger partial charge in [0.25, 0.3) is 0 Å². The highest BCUT2D eigenvalue weighted by Crippen LogP contribution is 2.75. The maximum atomic E-state index is 10.8. The van der Waals surface area contributed by atoms with Crippen LogP contribution in [0.5, 0.6) is 0 Å². The Morgan fingerprint density at radius 3 is 2.40 bits per heavy atom. The van der Waals surface area contributed by atoms with Gasteiger partial charge in [-0.2, -0.15) is 5.26 Å². The number of allylic oxidation sites excluding steroid dienone is 5. The molecule has 10 rings (SSSR count). The predicted octanol–water partition coefficient (Wildman–Crippen LogP) is 9.80. The van der Waals surface area contributed by atoms with E-state index < -0.39 is 0 Å². The van der Waals surface area contributed by atoms with E-state index in [4.69, 9.17) is 4.74 Å². The monoisotopic (exact) mass is 676 g/mol. The van der Waals surface area contributed by atoms with Crippen LogP contribution in [0.25, 0.3) is 0 Å². The molecule has 2 heterocycles. The Hall–Kier alpha value is -1.67. The Bertz CT molecular complexity index is 1420. The molecule has 50 heavy (non-hydrogen) atoms. The molecule has 0 amide bonds. The molecule has 8 aliphatic carbocycles. The average molecular weight is 676 g/mol. The zero-order valence-electron chi connectivity index (χ0n) is 30.8. The Kier molecular flexibility index (Phi) is 8.98. The zero-order chi connectivity index (χ0) is 33.2. The van der Waals surface area contributed by atoms with Crippen molar-refractivity contribution in [2.75, 3.05) is 0 Å². The molecule has 7 fully saturated rings. The fraction of sp³-hybridized carbons (Fsp3) is 0.804. The van der Waals surface area contributed by atoms with Crippen LogP contribution in [0, 0.1) is 81.8 Å². The quantitative estimate of drug-likeness (QED) is 0.293. The van der Waals surface area contributed by atoms with E-state index in [2.05, 4.69) is 59.2 Å². The van der Waals surface area contributed by atoms with Crippen molar-refractivity contribution in [3.05, 3.63) is 48.1 Å². The van der Waals surface area contributed by atoms with E-state index in [1.54, 1.807) is 5.57 Å². The topological polar surface area (TPSA) is 57.1 Å². The SMILES string of the molecule is N#CC1CC2C(C3CCCCC13)C1CCC(C3NC(C4=CC=CCC4)CC(C4CCCCC4)N3)CC1C21C2C=CCCC2OC2C=CCCC21. The molecule has 1 spiro atoms. The third-order valence-electron chi connectivity index (χ3n) is 17.5. The first kappa shape index (κ1) is 32.9.